The second-order valence-electron chi connectivity index (χ2n) is 6.65. The number of aromatic nitrogens is 1. The largest absolute Gasteiger partial charge is 0.491 e. The molecular formula is C19H20FN3O6S. The highest BCUT2D eigenvalue weighted by molar-refractivity contribution is 7.90. The van der Waals surface area contributed by atoms with E-state index in [2.05, 4.69) is 4.98 Å². The number of halogens is 1. The fraction of sp³-hybridized carbons (Fsp3) is 0.316. The number of nitrogens with two attached hydrogens (primary N) is 1. The zero-order valence-electron chi connectivity index (χ0n) is 16.5. The highest BCUT2D eigenvalue weighted by Gasteiger charge is 2.45. The first kappa shape index (κ1) is 21.5. The Morgan fingerprint density at radius 2 is 1.83 bits per heavy atom. The Labute approximate surface area is 172 Å². The Kier molecular flexibility index (Phi) is 5.66. The lowest BCUT2D eigenvalue weighted by molar-refractivity contribution is 0.0593. The number of fused-ring (bicyclic) bond motifs is 1. The number of hydrogen-bond donors (Lipinski definition) is 1. The number of ether oxygens (including phenoxy) is 2. The maximum atomic E-state index is 14.3. The van der Waals surface area contributed by atoms with Gasteiger partial charge in [-0.05, 0) is 31.2 Å². The lowest BCUT2D eigenvalue weighted by Gasteiger charge is -2.25. The third-order valence-electron chi connectivity index (χ3n) is 4.51. The molecule has 0 radical (unpaired) electrons. The summed E-state index contributed by atoms with van der Waals surface area (Å²) in [4.78, 5) is 30.9. The van der Waals surface area contributed by atoms with E-state index in [1.54, 1.807) is 6.92 Å². The van der Waals surface area contributed by atoms with Gasteiger partial charge < -0.3 is 15.2 Å². The lowest BCUT2D eigenvalue weighted by atomic mass is 10.1. The molecule has 0 spiro atoms. The van der Waals surface area contributed by atoms with E-state index in [1.807, 2.05) is 0 Å². The quantitative estimate of drug-likeness (QED) is 0.511. The SMILES string of the molecule is CCOc1nc([C@@H](CS(C)(=O)=O)N2C(=O)c3c(N)ccc(F)c3C2=O)ccc1OC. The molecule has 0 saturated carbocycles. The van der Waals surface area contributed by atoms with Gasteiger partial charge in [-0.1, -0.05) is 0 Å². The summed E-state index contributed by atoms with van der Waals surface area (Å²) in [6.45, 7) is 1.97. The van der Waals surface area contributed by atoms with Crippen LogP contribution in [0.5, 0.6) is 11.6 Å². The van der Waals surface area contributed by atoms with Gasteiger partial charge in [0, 0.05) is 11.9 Å². The molecular weight excluding hydrogens is 417 g/mol. The molecule has 2 heterocycles. The predicted molar refractivity (Wildman–Crippen MR) is 106 cm³/mol. The minimum absolute atomic E-state index is 0.0677. The molecule has 1 atom stereocenters. The zero-order valence-corrected chi connectivity index (χ0v) is 17.3. The van der Waals surface area contributed by atoms with Gasteiger partial charge in [0.1, 0.15) is 15.7 Å². The van der Waals surface area contributed by atoms with Crippen LogP contribution in [0.25, 0.3) is 0 Å². The molecule has 1 aliphatic rings. The first-order chi connectivity index (χ1) is 14.1. The topological polar surface area (TPSA) is 129 Å². The van der Waals surface area contributed by atoms with E-state index in [4.69, 9.17) is 15.2 Å². The summed E-state index contributed by atoms with van der Waals surface area (Å²) in [5, 5.41) is 0. The van der Waals surface area contributed by atoms with Gasteiger partial charge in [0.05, 0.1) is 42.3 Å². The molecule has 11 heteroatoms. The van der Waals surface area contributed by atoms with E-state index in [0.717, 1.165) is 12.3 Å². The summed E-state index contributed by atoms with van der Waals surface area (Å²) in [5.74, 6) is -3.06. The molecule has 0 fully saturated rings. The van der Waals surface area contributed by atoms with Crippen molar-refractivity contribution in [1.29, 1.82) is 0 Å². The third-order valence-corrected chi connectivity index (χ3v) is 5.43. The lowest BCUT2D eigenvalue weighted by Crippen LogP contribution is -2.38. The van der Waals surface area contributed by atoms with Crippen LogP contribution in [0, 0.1) is 5.82 Å². The number of carbonyl (C=O) groups is 2. The van der Waals surface area contributed by atoms with E-state index in [0.29, 0.717) is 4.90 Å². The van der Waals surface area contributed by atoms with Crippen LogP contribution in [0.1, 0.15) is 39.4 Å². The number of nitrogen functional groups attached to an aromatic ring is 1. The minimum atomic E-state index is -3.69. The third kappa shape index (κ3) is 3.80. The van der Waals surface area contributed by atoms with Crippen molar-refractivity contribution in [3.05, 3.63) is 46.9 Å². The molecule has 1 aliphatic heterocycles. The number of sulfone groups is 1. The smallest absolute Gasteiger partial charge is 0.265 e. The van der Waals surface area contributed by atoms with Crippen LogP contribution < -0.4 is 15.2 Å². The Bertz CT molecular complexity index is 1090. The summed E-state index contributed by atoms with van der Waals surface area (Å²) in [7, 11) is -2.28. The first-order valence-corrected chi connectivity index (χ1v) is 11.0. The molecule has 0 unspecified atom stereocenters. The average molecular weight is 437 g/mol. The van der Waals surface area contributed by atoms with Gasteiger partial charge in [0.25, 0.3) is 17.7 Å². The Balaban J connectivity index is 2.16. The van der Waals surface area contributed by atoms with Gasteiger partial charge in [-0.15, -0.1) is 0 Å². The number of hydrogen-bond acceptors (Lipinski definition) is 8. The number of benzene rings is 1. The Morgan fingerprint density at radius 3 is 2.40 bits per heavy atom. The molecule has 30 heavy (non-hydrogen) atoms. The molecule has 9 nitrogen and oxygen atoms in total. The molecule has 2 amide bonds. The van der Waals surface area contributed by atoms with Crippen LogP contribution in [-0.2, 0) is 9.84 Å². The van der Waals surface area contributed by atoms with E-state index in [9.17, 15) is 22.4 Å². The van der Waals surface area contributed by atoms with E-state index >= 15 is 0 Å². The predicted octanol–water partition coefficient (Wildman–Crippen LogP) is 1.59. The molecule has 3 rings (SSSR count). The van der Waals surface area contributed by atoms with Crippen LogP contribution >= 0.6 is 0 Å². The molecule has 2 aromatic rings. The van der Waals surface area contributed by atoms with Gasteiger partial charge in [0.15, 0.2) is 5.75 Å². The monoisotopic (exact) mass is 437 g/mol. The van der Waals surface area contributed by atoms with Crippen LogP contribution in [0.4, 0.5) is 10.1 Å². The molecule has 0 saturated heterocycles. The maximum Gasteiger partial charge on any atom is 0.265 e. The maximum absolute atomic E-state index is 14.3. The summed E-state index contributed by atoms with van der Waals surface area (Å²) in [6, 6.07) is 3.73. The van der Waals surface area contributed by atoms with Crippen molar-refractivity contribution in [2.75, 3.05) is 31.5 Å². The summed E-state index contributed by atoms with van der Waals surface area (Å²) >= 11 is 0. The van der Waals surface area contributed by atoms with Gasteiger partial charge in [-0.2, -0.15) is 0 Å². The molecule has 1 aromatic carbocycles. The number of anilines is 1. The second kappa shape index (κ2) is 7.90. The van der Waals surface area contributed by atoms with Gasteiger partial charge in [-0.25, -0.2) is 17.8 Å². The van der Waals surface area contributed by atoms with Crippen molar-refractivity contribution in [3.8, 4) is 11.6 Å². The highest BCUT2D eigenvalue weighted by atomic mass is 32.2. The number of pyridine rings is 1. The van der Waals surface area contributed by atoms with Crippen molar-refractivity contribution < 1.29 is 31.9 Å². The van der Waals surface area contributed by atoms with Crippen molar-refractivity contribution in [2.24, 2.45) is 0 Å². The molecule has 2 N–H and O–H groups in total. The van der Waals surface area contributed by atoms with E-state index in [-0.39, 0.29) is 35.2 Å². The Hall–Kier alpha value is -3.21. The molecule has 160 valence electrons. The fourth-order valence-electron chi connectivity index (χ4n) is 3.25. The normalized spacial score (nSPS) is 14.6. The van der Waals surface area contributed by atoms with E-state index < -0.39 is 44.8 Å². The summed E-state index contributed by atoms with van der Waals surface area (Å²) < 4.78 is 49.1. The van der Waals surface area contributed by atoms with Crippen molar-refractivity contribution in [1.82, 2.24) is 9.88 Å². The van der Waals surface area contributed by atoms with Crippen molar-refractivity contribution in [3.63, 3.8) is 0 Å². The van der Waals surface area contributed by atoms with Crippen molar-refractivity contribution >= 4 is 27.3 Å². The number of rotatable bonds is 7. The molecule has 1 aromatic heterocycles. The number of nitrogens with zero attached hydrogens (tertiary/aromatic N) is 2. The summed E-state index contributed by atoms with van der Waals surface area (Å²) in [5.41, 5.74) is 4.99. The van der Waals surface area contributed by atoms with Crippen molar-refractivity contribution in [2.45, 2.75) is 13.0 Å². The second-order valence-corrected chi connectivity index (χ2v) is 8.84. The number of methoxy groups -OCH3 is 1. The van der Waals surface area contributed by atoms with Gasteiger partial charge in [0.2, 0.25) is 0 Å². The standard InChI is InChI=1S/C19H20FN3O6S/c1-4-29-17-14(28-2)8-7-12(22-17)13(9-30(3,26)27)23-18(24)15-10(20)5-6-11(21)16(15)19(23)25/h5-8,13H,4,9,21H2,1-3H3/t13-/m1/s1. The average Bonchev–Trinajstić information content (AvgIpc) is 2.94. The van der Waals surface area contributed by atoms with E-state index in [1.165, 1.54) is 25.3 Å². The van der Waals surface area contributed by atoms with Gasteiger partial charge in [-0.3, -0.25) is 14.5 Å². The first-order valence-electron chi connectivity index (χ1n) is 8.90. The number of carbonyl (C=O) groups excluding carboxylic acids is 2. The fourth-order valence-corrected chi connectivity index (χ4v) is 4.14. The van der Waals surface area contributed by atoms with Crippen LogP contribution in [0.3, 0.4) is 0 Å². The van der Waals surface area contributed by atoms with Gasteiger partial charge >= 0.3 is 0 Å². The number of imide groups is 1. The van der Waals surface area contributed by atoms with Crippen LogP contribution in [-0.4, -0.2) is 55.8 Å². The minimum Gasteiger partial charge on any atom is -0.491 e. The van der Waals surface area contributed by atoms with Crippen LogP contribution in [0.15, 0.2) is 24.3 Å². The van der Waals surface area contributed by atoms with Crippen LogP contribution in [0.2, 0.25) is 0 Å². The number of amides is 2. The molecule has 0 aliphatic carbocycles. The summed E-state index contributed by atoms with van der Waals surface area (Å²) in [6.07, 6.45) is 0.958. The zero-order chi connectivity index (χ0) is 22.2. The highest BCUT2D eigenvalue weighted by Crippen LogP contribution is 2.37. The Morgan fingerprint density at radius 1 is 1.17 bits per heavy atom. The molecule has 0 bridgehead atoms.